The molecular formula is C9H7N5OS. The number of aromatic hydroxyl groups is 1. The van der Waals surface area contributed by atoms with Crippen LogP contribution in [0.4, 0.5) is 0 Å². The van der Waals surface area contributed by atoms with Crippen LogP contribution in [0.2, 0.25) is 0 Å². The van der Waals surface area contributed by atoms with Crippen LogP contribution in [0, 0.1) is 6.92 Å². The number of pyridine rings is 1. The second-order valence-corrected chi connectivity index (χ2v) is 4.24. The Bertz CT molecular complexity index is 659. The lowest BCUT2D eigenvalue weighted by molar-refractivity contribution is 0.473. The average molecular weight is 233 g/mol. The zero-order valence-corrected chi connectivity index (χ0v) is 9.14. The highest BCUT2D eigenvalue weighted by Gasteiger charge is 2.10. The van der Waals surface area contributed by atoms with Gasteiger partial charge >= 0.3 is 0 Å². The third-order valence-corrected chi connectivity index (χ3v) is 3.07. The molecule has 7 heteroatoms. The third kappa shape index (κ3) is 1.33. The monoisotopic (exact) mass is 233 g/mol. The normalized spacial score (nSPS) is 11.1. The van der Waals surface area contributed by atoms with E-state index < -0.39 is 0 Å². The summed E-state index contributed by atoms with van der Waals surface area (Å²) < 4.78 is 1.67. The van der Waals surface area contributed by atoms with E-state index >= 15 is 0 Å². The van der Waals surface area contributed by atoms with Crippen molar-refractivity contribution in [3.05, 3.63) is 24.3 Å². The minimum absolute atomic E-state index is 0.125. The van der Waals surface area contributed by atoms with Crippen molar-refractivity contribution >= 4 is 16.3 Å². The summed E-state index contributed by atoms with van der Waals surface area (Å²) in [5.41, 5.74) is 0.773. The summed E-state index contributed by atoms with van der Waals surface area (Å²) in [6, 6.07) is 1.62. The molecule has 0 aliphatic rings. The van der Waals surface area contributed by atoms with Gasteiger partial charge in [-0.3, -0.25) is 4.98 Å². The number of hydrogen-bond donors (Lipinski definition) is 1. The summed E-state index contributed by atoms with van der Waals surface area (Å²) in [7, 11) is 0. The maximum atomic E-state index is 9.33. The number of aryl methyl sites for hydroxylation is 1. The van der Waals surface area contributed by atoms with Crippen LogP contribution in [-0.2, 0) is 0 Å². The lowest BCUT2D eigenvalue weighted by Gasteiger charge is -1.94. The highest BCUT2D eigenvalue weighted by atomic mass is 32.1. The van der Waals surface area contributed by atoms with E-state index in [1.807, 2.05) is 6.92 Å². The van der Waals surface area contributed by atoms with Gasteiger partial charge in [0.2, 0.25) is 4.96 Å². The topological polar surface area (TPSA) is 76.2 Å². The Morgan fingerprint density at radius 3 is 2.94 bits per heavy atom. The van der Waals surface area contributed by atoms with E-state index in [9.17, 15) is 5.11 Å². The molecular weight excluding hydrogens is 226 g/mol. The van der Waals surface area contributed by atoms with Crippen molar-refractivity contribution in [3.8, 4) is 16.3 Å². The zero-order chi connectivity index (χ0) is 11.1. The van der Waals surface area contributed by atoms with Crippen LogP contribution in [-0.4, -0.2) is 29.9 Å². The summed E-state index contributed by atoms with van der Waals surface area (Å²) in [6.07, 6.45) is 3.04. The summed E-state index contributed by atoms with van der Waals surface area (Å²) in [6.45, 7) is 1.84. The molecule has 0 aromatic carbocycles. The smallest absolute Gasteiger partial charge is 0.234 e. The lowest BCUT2D eigenvalue weighted by Crippen LogP contribution is -1.88. The molecule has 3 heterocycles. The molecule has 0 saturated carbocycles. The molecule has 0 spiro atoms. The van der Waals surface area contributed by atoms with Crippen molar-refractivity contribution in [3.63, 3.8) is 0 Å². The zero-order valence-electron chi connectivity index (χ0n) is 8.32. The van der Waals surface area contributed by atoms with Crippen molar-refractivity contribution < 1.29 is 5.11 Å². The maximum absolute atomic E-state index is 9.33. The first-order chi connectivity index (χ1) is 7.74. The molecule has 80 valence electrons. The molecule has 16 heavy (non-hydrogen) atoms. The van der Waals surface area contributed by atoms with Crippen molar-refractivity contribution in [2.24, 2.45) is 0 Å². The van der Waals surface area contributed by atoms with E-state index in [0.717, 1.165) is 21.4 Å². The van der Waals surface area contributed by atoms with Crippen LogP contribution >= 0.6 is 11.3 Å². The molecule has 0 amide bonds. The Morgan fingerprint density at radius 1 is 1.31 bits per heavy atom. The summed E-state index contributed by atoms with van der Waals surface area (Å²) in [5.74, 6) is 0.866. The first-order valence-electron chi connectivity index (χ1n) is 4.57. The highest BCUT2D eigenvalue weighted by molar-refractivity contribution is 7.19. The standard InChI is InChI=1S/C9H7N5OS/c1-5-11-12-9-14(5)13-8(16-9)6-2-7(15)4-10-3-6/h2-4,15H,1H3. The van der Waals surface area contributed by atoms with Gasteiger partial charge in [0.25, 0.3) is 0 Å². The second kappa shape index (κ2) is 3.24. The fraction of sp³-hybridized carbons (Fsp3) is 0.111. The van der Waals surface area contributed by atoms with Crippen molar-refractivity contribution in [1.82, 2.24) is 24.8 Å². The molecule has 0 aliphatic heterocycles. The lowest BCUT2D eigenvalue weighted by atomic mass is 10.3. The van der Waals surface area contributed by atoms with Crippen molar-refractivity contribution in [2.45, 2.75) is 6.92 Å². The van der Waals surface area contributed by atoms with Gasteiger partial charge in [0.1, 0.15) is 10.8 Å². The van der Waals surface area contributed by atoms with E-state index in [-0.39, 0.29) is 5.75 Å². The van der Waals surface area contributed by atoms with Gasteiger partial charge in [0, 0.05) is 11.8 Å². The quantitative estimate of drug-likeness (QED) is 0.684. The van der Waals surface area contributed by atoms with E-state index in [2.05, 4.69) is 20.3 Å². The molecule has 0 saturated heterocycles. The van der Waals surface area contributed by atoms with Gasteiger partial charge in [0.15, 0.2) is 5.82 Å². The molecule has 0 fully saturated rings. The predicted octanol–water partition coefficient (Wildman–Crippen LogP) is 1.26. The van der Waals surface area contributed by atoms with E-state index in [1.165, 1.54) is 17.5 Å². The molecule has 3 aromatic heterocycles. The number of hydrogen-bond acceptors (Lipinski definition) is 6. The first kappa shape index (κ1) is 9.22. The largest absolute Gasteiger partial charge is 0.506 e. The average Bonchev–Trinajstić information content (AvgIpc) is 2.81. The van der Waals surface area contributed by atoms with Crippen molar-refractivity contribution in [1.29, 1.82) is 0 Å². The van der Waals surface area contributed by atoms with Gasteiger partial charge in [-0.15, -0.1) is 10.2 Å². The van der Waals surface area contributed by atoms with Crippen LogP contribution in [0.1, 0.15) is 5.82 Å². The Kier molecular flexibility index (Phi) is 1.87. The van der Waals surface area contributed by atoms with Gasteiger partial charge in [-0.25, -0.2) is 0 Å². The minimum atomic E-state index is 0.125. The number of fused-ring (bicyclic) bond motifs is 1. The van der Waals surface area contributed by atoms with Crippen LogP contribution < -0.4 is 0 Å². The molecule has 0 aliphatic carbocycles. The van der Waals surface area contributed by atoms with Gasteiger partial charge < -0.3 is 5.11 Å². The van der Waals surface area contributed by atoms with E-state index in [0.29, 0.717) is 0 Å². The molecule has 0 radical (unpaired) electrons. The highest BCUT2D eigenvalue weighted by Crippen LogP contribution is 2.26. The Hall–Kier alpha value is -2.02. The van der Waals surface area contributed by atoms with Gasteiger partial charge in [0.05, 0.1) is 6.20 Å². The van der Waals surface area contributed by atoms with Gasteiger partial charge in [-0.05, 0) is 13.0 Å². The summed E-state index contributed by atoms with van der Waals surface area (Å²) >= 11 is 1.41. The fourth-order valence-electron chi connectivity index (χ4n) is 1.38. The fourth-order valence-corrected chi connectivity index (χ4v) is 2.24. The van der Waals surface area contributed by atoms with Crippen LogP contribution in [0.5, 0.6) is 5.75 Å². The number of aromatic nitrogens is 5. The van der Waals surface area contributed by atoms with Crippen LogP contribution in [0.3, 0.4) is 0 Å². The van der Waals surface area contributed by atoms with Crippen molar-refractivity contribution in [2.75, 3.05) is 0 Å². The van der Waals surface area contributed by atoms with E-state index in [1.54, 1.807) is 16.8 Å². The SMILES string of the molecule is Cc1nnc2sc(-c3cncc(O)c3)nn12. The van der Waals surface area contributed by atoms with Gasteiger partial charge in [-0.2, -0.15) is 9.61 Å². The molecule has 6 nitrogen and oxygen atoms in total. The molecule has 3 aromatic rings. The molecule has 0 atom stereocenters. The van der Waals surface area contributed by atoms with Crippen LogP contribution in [0.25, 0.3) is 15.5 Å². The Morgan fingerprint density at radius 2 is 2.19 bits per heavy atom. The Balaban J connectivity index is 2.19. The maximum Gasteiger partial charge on any atom is 0.234 e. The Labute approximate surface area is 94.2 Å². The molecule has 0 unspecified atom stereocenters. The molecule has 3 rings (SSSR count). The number of rotatable bonds is 1. The first-order valence-corrected chi connectivity index (χ1v) is 5.39. The van der Waals surface area contributed by atoms with Gasteiger partial charge in [-0.1, -0.05) is 11.3 Å². The van der Waals surface area contributed by atoms with E-state index in [4.69, 9.17) is 0 Å². The third-order valence-electron chi connectivity index (χ3n) is 2.12. The van der Waals surface area contributed by atoms with Crippen LogP contribution in [0.15, 0.2) is 18.5 Å². The molecule has 0 bridgehead atoms. The summed E-state index contributed by atoms with van der Waals surface area (Å²) in [4.78, 5) is 4.64. The molecule has 1 N–H and O–H groups in total. The summed E-state index contributed by atoms with van der Waals surface area (Å²) in [5, 5.41) is 22.3. The predicted molar refractivity (Wildman–Crippen MR) is 58.3 cm³/mol. The second-order valence-electron chi connectivity index (χ2n) is 3.28. The minimum Gasteiger partial charge on any atom is -0.506 e. The number of nitrogens with zero attached hydrogens (tertiary/aromatic N) is 5.